The Labute approximate surface area is 121 Å². The van der Waals surface area contributed by atoms with Crippen molar-refractivity contribution in [1.82, 2.24) is 10.6 Å². The second kappa shape index (κ2) is 5.91. The number of fused-ring (bicyclic) bond motifs is 2. The predicted molar refractivity (Wildman–Crippen MR) is 83.1 cm³/mol. The lowest BCUT2D eigenvalue weighted by atomic mass is 9.96. The molecule has 1 aromatic carbocycles. The van der Waals surface area contributed by atoms with E-state index in [4.69, 9.17) is 12.2 Å². The molecule has 0 unspecified atom stereocenters. The van der Waals surface area contributed by atoms with Crippen LogP contribution in [-0.4, -0.2) is 17.7 Å². The zero-order valence-corrected chi connectivity index (χ0v) is 12.1. The Balaban J connectivity index is 1.38. The molecule has 19 heavy (non-hydrogen) atoms. The SMILES string of the molecule is S=C(NCCc1ccccc1)N[C@H]1C[C@H]2CC[C@H]1C2. The van der Waals surface area contributed by atoms with Crippen molar-refractivity contribution in [2.45, 2.75) is 38.1 Å². The summed E-state index contributed by atoms with van der Waals surface area (Å²) in [7, 11) is 0. The van der Waals surface area contributed by atoms with Crippen LogP contribution in [0.5, 0.6) is 0 Å². The Morgan fingerprint density at radius 2 is 2.00 bits per heavy atom. The van der Waals surface area contributed by atoms with E-state index in [0.717, 1.165) is 29.9 Å². The first-order valence-corrected chi connectivity index (χ1v) is 7.80. The summed E-state index contributed by atoms with van der Waals surface area (Å²) in [6.07, 6.45) is 6.61. The van der Waals surface area contributed by atoms with Crippen LogP contribution in [0.4, 0.5) is 0 Å². The van der Waals surface area contributed by atoms with Crippen molar-refractivity contribution >= 4 is 17.3 Å². The molecule has 0 heterocycles. The molecule has 2 bridgehead atoms. The summed E-state index contributed by atoms with van der Waals surface area (Å²) in [4.78, 5) is 0. The van der Waals surface area contributed by atoms with Gasteiger partial charge in [-0.15, -0.1) is 0 Å². The van der Waals surface area contributed by atoms with Crippen molar-refractivity contribution in [3.8, 4) is 0 Å². The largest absolute Gasteiger partial charge is 0.362 e. The van der Waals surface area contributed by atoms with Crippen molar-refractivity contribution in [2.75, 3.05) is 6.54 Å². The molecule has 0 amide bonds. The summed E-state index contributed by atoms with van der Waals surface area (Å²) >= 11 is 5.40. The topological polar surface area (TPSA) is 24.1 Å². The minimum Gasteiger partial charge on any atom is -0.362 e. The van der Waals surface area contributed by atoms with Crippen molar-refractivity contribution in [3.63, 3.8) is 0 Å². The summed E-state index contributed by atoms with van der Waals surface area (Å²) < 4.78 is 0. The van der Waals surface area contributed by atoms with E-state index in [1.54, 1.807) is 0 Å². The molecule has 3 heteroatoms. The van der Waals surface area contributed by atoms with Gasteiger partial charge in [-0.05, 0) is 55.3 Å². The van der Waals surface area contributed by atoms with Crippen LogP contribution in [0.3, 0.4) is 0 Å². The summed E-state index contributed by atoms with van der Waals surface area (Å²) in [6.45, 7) is 0.913. The van der Waals surface area contributed by atoms with Gasteiger partial charge in [0.2, 0.25) is 0 Å². The van der Waals surface area contributed by atoms with Crippen LogP contribution in [0.1, 0.15) is 31.2 Å². The molecule has 1 aromatic rings. The van der Waals surface area contributed by atoms with Gasteiger partial charge in [-0.25, -0.2) is 0 Å². The van der Waals surface area contributed by atoms with Gasteiger partial charge >= 0.3 is 0 Å². The van der Waals surface area contributed by atoms with E-state index in [9.17, 15) is 0 Å². The lowest BCUT2D eigenvalue weighted by Gasteiger charge is -2.24. The molecule has 2 nitrogen and oxygen atoms in total. The molecule has 0 aliphatic heterocycles. The monoisotopic (exact) mass is 274 g/mol. The number of nitrogens with one attached hydrogen (secondary N) is 2. The van der Waals surface area contributed by atoms with Gasteiger partial charge in [-0.3, -0.25) is 0 Å². The molecule has 2 N–H and O–H groups in total. The zero-order chi connectivity index (χ0) is 13.1. The Bertz CT molecular complexity index is 432. The highest BCUT2D eigenvalue weighted by atomic mass is 32.1. The Hall–Kier alpha value is -1.09. The second-order valence-corrected chi connectivity index (χ2v) is 6.33. The van der Waals surface area contributed by atoms with Crippen LogP contribution >= 0.6 is 12.2 Å². The predicted octanol–water partition coefficient (Wildman–Crippen LogP) is 2.88. The van der Waals surface area contributed by atoms with Crippen LogP contribution in [-0.2, 0) is 6.42 Å². The molecule has 3 rings (SSSR count). The minimum absolute atomic E-state index is 0.635. The van der Waals surface area contributed by atoms with Crippen molar-refractivity contribution in [1.29, 1.82) is 0 Å². The Morgan fingerprint density at radius 3 is 2.68 bits per heavy atom. The van der Waals surface area contributed by atoms with Crippen LogP contribution in [0.15, 0.2) is 30.3 Å². The number of benzene rings is 1. The van der Waals surface area contributed by atoms with E-state index in [0.29, 0.717) is 6.04 Å². The Kier molecular flexibility index (Phi) is 4.02. The lowest BCUT2D eigenvalue weighted by molar-refractivity contribution is 0.389. The van der Waals surface area contributed by atoms with E-state index >= 15 is 0 Å². The van der Waals surface area contributed by atoms with Crippen LogP contribution < -0.4 is 10.6 Å². The van der Waals surface area contributed by atoms with E-state index in [-0.39, 0.29) is 0 Å². The van der Waals surface area contributed by atoms with Crippen LogP contribution in [0, 0.1) is 11.8 Å². The Morgan fingerprint density at radius 1 is 1.16 bits per heavy atom. The fourth-order valence-electron chi connectivity index (χ4n) is 3.61. The third-order valence-electron chi connectivity index (χ3n) is 4.60. The van der Waals surface area contributed by atoms with Gasteiger partial charge in [-0.2, -0.15) is 0 Å². The lowest BCUT2D eigenvalue weighted by Crippen LogP contribution is -2.44. The van der Waals surface area contributed by atoms with E-state index in [1.165, 1.54) is 31.2 Å². The van der Waals surface area contributed by atoms with E-state index in [2.05, 4.69) is 41.0 Å². The first-order valence-electron chi connectivity index (χ1n) is 7.39. The van der Waals surface area contributed by atoms with Gasteiger partial charge in [0.1, 0.15) is 0 Å². The second-order valence-electron chi connectivity index (χ2n) is 5.92. The highest BCUT2D eigenvalue weighted by Crippen LogP contribution is 2.44. The van der Waals surface area contributed by atoms with Gasteiger partial charge in [0.15, 0.2) is 5.11 Å². The summed E-state index contributed by atoms with van der Waals surface area (Å²) in [5.41, 5.74) is 1.36. The number of hydrogen-bond acceptors (Lipinski definition) is 1. The van der Waals surface area contributed by atoms with E-state index in [1.807, 2.05) is 0 Å². The maximum Gasteiger partial charge on any atom is 0.166 e. The van der Waals surface area contributed by atoms with Gasteiger partial charge in [0.05, 0.1) is 0 Å². The van der Waals surface area contributed by atoms with Crippen molar-refractivity contribution in [3.05, 3.63) is 35.9 Å². The fraction of sp³-hybridized carbons (Fsp3) is 0.562. The molecular weight excluding hydrogens is 252 g/mol. The first-order chi connectivity index (χ1) is 9.31. The van der Waals surface area contributed by atoms with Crippen molar-refractivity contribution in [2.24, 2.45) is 11.8 Å². The van der Waals surface area contributed by atoms with Gasteiger partial charge in [-0.1, -0.05) is 36.8 Å². The van der Waals surface area contributed by atoms with Gasteiger partial charge in [0.25, 0.3) is 0 Å². The molecular formula is C16H22N2S. The molecule has 3 atom stereocenters. The van der Waals surface area contributed by atoms with Crippen molar-refractivity contribution < 1.29 is 0 Å². The highest BCUT2D eigenvalue weighted by Gasteiger charge is 2.39. The molecule has 0 spiro atoms. The molecule has 0 radical (unpaired) electrons. The van der Waals surface area contributed by atoms with Gasteiger partial charge in [0, 0.05) is 12.6 Å². The zero-order valence-electron chi connectivity index (χ0n) is 11.3. The number of rotatable bonds is 4. The summed E-state index contributed by atoms with van der Waals surface area (Å²) in [6, 6.07) is 11.2. The number of hydrogen-bond donors (Lipinski definition) is 2. The standard InChI is InChI=1S/C16H22N2S/c19-16(17-9-8-12-4-2-1-3-5-12)18-15-11-13-6-7-14(15)10-13/h1-5,13-15H,6-11H2,(H2,17,18,19)/t13-,14-,15-/m0/s1. The molecule has 2 aliphatic rings. The maximum atomic E-state index is 5.40. The first kappa shape index (κ1) is 12.9. The molecule has 2 aliphatic carbocycles. The normalized spacial score (nSPS) is 28.3. The molecule has 0 saturated heterocycles. The fourth-order valence-corrected chi connectivity index (χ4v) is 3.86. The molecule has 0 aromatic heterocycles. The highest BCUT2D eigenvalue weighted by molar-refractivity contribution is 7.80. The quantitative estimate of drug-likeness (QED) is 0.826. The smallest absolute Gasteiger partial charge is 0.166 e. The molecule has 2 fully saturated rings. The molecule has 2 saturated carbocycles. The summed E-state index contributed by atoms with van der Waals surface area (Å²) in [5, 5.41) is 7.70. The third kappa shape index (κ3) is 3.27. The van der Waals surface area contributed by atoms with Gasteiger partial charge < -0.3 is 10.6 Å². The van der Waals surface area contributed by atoms with Crippen LogP contribution in [0.2, 0.25) is 0 Å². The maximum absolute atomic E-state index is 5.40. The molecule has 102 valence electrons. The van der Waals surface area contributed by atoms with E-state index < -0.39 is 0 Å². The summed E-state index contributed by atoms with van der Waals surface area (Å²) in [5.74, 6) is 1.84. The number of thiocarbonyl (C=S) groups is 1. The van der Waals surface area contributed by atoms with Crippen LogP contribution in [0.25, 0.3) is 0 Å². The third-order valence-corrected chi connectivity index (χ3v) is 4.86. The minimum atomic E-state index is 0.635. The average Bonchev–Trinajstić information content (AvgIpc) is 3.02. The average molecular weight is 274 g/mol.